The molecule has 1 amide bonds. The summed E-state index contributed by atoms with van der Waals surface area (Å²) >= 11 is 0. The molecule has 1 aliphatic rings. The second-order valence-electron chi connectivity index (χ2n) is 11.2. The molecule has 2 N–H and O–H groups in total. The Kier molecular flexibility index (Phi) is 10.9. The molecule has 4 aromatic rings. The summed E-state index contributed by atoms with van der Waals surface area (Å²) in [5.41, 5.74) is 3.43. The van der Waals surface area contributed by atoms with Crippen LogP contribution in [0.1, 0.15) is 27.9 Å². The summed E-state index contributed by atoms with van der Waals surface area (Å²) in [7, 11) is 5.33. The molecule has 1 fully saturated rings. The van der Waals surface area contributed by atoms with Gasteiger partial charge in [0, 0.05) is 62.4 Å². The number of hydrogen-bond acceptors (Lipinski definition) is 10. The van der Waals surface area contributed by atoms with E-state index in [9.17, 15) is 4.79 Å². The molecule has 1 saturated heterocycles. The fraction of sp³-hybridized carbons (Fsp3) is 0.343. The zero-order valence-electron chi connectivity index (χ0n) is 27.1. The first-order valence-corrected chi connectivity index (χ1v) is 15.4. The molecule has 46 heavy (non-hydrogen) atoms. The van der Waals surface area contributed by atoms with Crippen LogP contribution in [-0.4, -0.2) is 86.3 Å². The van der Waals surface area contributed by atoms with Crippen LogP contribution in [0.25, 0.3) is 0 Å². The van der Waals surface area contributed by atoms with Crippen LogP contribution in [0.2, 0.25) is 0 Å². The molecule has 0 radical (unpaired) electrons. The van der Waals surface area contributed by atoms with Crippen molar-refractivity contribution in [3.8, 4) is 28.9 Å². The molecule has 3 aromatic carbocycles. The molecule has 0 saturated carbocycles. The van der Waals surface area contributed by atoms with Gasteiger partial charge in [0.25, 0.3) is 5.91 Å². The van der Waals surface area contributed by atoms with Crippen molar-refractivity contribution in [3.05, 3.63) is 83.6 Å². The smallest absolute Gasteiger partial charge is 0.262 e. The maximum Gasteiger partial charge on any atom is 0.262 e. The third-order valence-electron chi connectivity index (χ3n) is 7.85. The standard InChI is InChI=1S/C35H42N6O5/c1-24-11-9-12-25(2)31(24)38-33(42)28-23-36-35(39-34(28)46-27-13-7-6-8-14-27)37-26-21-29(43-4)32(30(22-26)44-5)45-20-10-15-41-18-16-40(3)17-19-41/h6-9,11-14,21-23H,10,15-20H2,1-5H3,(H,38,42)(H,36,37,39). The van der Waals surface area contributed by atoms with Crippen molar-refractivity contribution in [2.24, 2.45) is 0 Å². The Labute approximate surface area is 270 Å². The average Bonchev–Trinajstić information content (AvgIpc) is 3.06. The number of carbonyl (C=O) groups excluding carboxylic acids is 1. The first kappa shape index (κ1) is 32.5. The van der Waals surface area contributed by atoms with Crippen LogP contribution < -0.4 is 29.6 Å². The number of nitrogens with zero attached hydrogens (tertiary/aromatic N) is 4. The van der Waals surface area contributed by atoms with Crippen molar-refractivity contribution in [2.75, 3.05) is 71.2 Å². The van der Waals surface area contributed by atoms with E-state index in [4.69, 9.17) is 18.9 Å². The van der Waals surface area contributed by atoms with E-state index < -0.39 is 0 Å². The molecule has 0 spiro atoms. The topological polar surface area (TPSA) is 110 Å². The first-order chi connectivity index (χ1) is 22.3. The fourth-order valence-corrected chi connectivity index (χ4v) is 5.21. The maximum atomic E-state index is 13.5. The van der Waals surface area contributed by atoms with E-state index in [0.29, 0.717) is 35.3 Å². The zero-order valence-corrected chi connectivity index (χ0v) is 27.1. The van der Waals surface area contributed by atoms with Gasteiger partial charge in [-0.2, -0.15) is 4.98 Å². The lowest BCUT2D eigenvalue weighted by Gasteiger charge is -2.32. The monoisotopic (exact) mass is 626 g/mol. The number of carbonyl (C=O) groups is 1. The molecule has 0 bridgehead atoms. The number of aryl methyl sites for hydroxylation is 2. The Morgan fingerprint density at radius 2 is 1.59 bits per heavy atom. The maximum absolute atomic E-state index is 13.5. The SMILES string of the molecule is COc1cc(Nc2ncc(C(=O)Nc3c(C)cccc3C)c(Oc3ccccc3)n2)cc(OC)c1OCCCN1CCN(C)CC1. The van der Waals surface area contributed by atoms with Crippen LogP contribution in [0.15, 0.2) is 66.9 Å². The third kappa shape index (κ3) is 8.23. The lowest BCUT2D eigenvalue weighted by atomic mass is 10.1. The van der Waals surface area contributed by atoms with E-state index >= 15 is 0 Å². The average molecular weight is 627 g/mol. The summed E-state index contributed by atoms with van der Waals surface area (Å²) in [4.78, 5) is 27.3. The predicted molar refractivity (Wildman–Crippen MR) is 179 cm³/mol. The summed E-state index contributed by atoms with van der Waals surface area (Å²) in [6, 6.07) is 18.6. The number of rotatable bonds is 13. The van der Waals surface area contributed by atoms with Crippen LogP contribution in [0.3, 0.4) is 0 Å². The summed E-state index contributed by atoms with van der Waals surface area (Å²) in [5, 5.41) is 6.19. The van der Waals surface area contributed by atoms with Crippen molar-refractivity contribution in [1.82, 2.24) is 19.8 Å². The molecule has 1 aromatic heterocycles. The summed E-state index contributed by atoms with van der Waals surface area (Å²) in [6.45, 7) is 9.71. The van der Waals surface area contributed by atoms with Crippen LogP contribution in [0.4, 0.5) is 17.3 Å². The largest absolute Gasteiger partial charge is 0.493 e. The Morgan fingerprint density at radius 1 is 0.913 bits per heavy atom. The highest BCUT2D eigenvalue weighted by molar-refractivity contribution is 6.06. The number of aromatic nitrogens is 2. The molecule has 242 valence electrons. The van der Waals surface area contributed by atoms with Gasteiger partial charge < -0.3 is 39.4 Å². The summed E-state index contributed by atoms with van der Waals surface area (Å²) in [6.07, 6.45) is 2.33. The molecule has 11 nitrogen and oxygen atoms in total. The van der Waals surface area contributed by atoms with E-state index in [1.165, 1.54) is 6.20 Å². The molecule has 5 rings (SSSR count). The highest BCUT2D eigenvalue weighted by Gasteiger charge is 2.21. The Hall–Kier alpha value is -4.87. The molecular weight excluding hydrogens is 584 g/mol. The highest BCUT2D eigenvalue weighted by atomic mass is 16.5. The fourth-order valence-electron chi connectivity index (χ4n) is 5.21. The lowest BCUT2D eigenvalue weighted by Crippen LogP contribution is -2.44. The zero-order chi connectivity index (χ0) is 32.5. The van der Waals surface area contributed by atoms with Crippen molar-refractivity contribution < 1.29 is 23.7 Å². The molecule has 2 heterocycles. The Balaban J connectivity index is 1.34. The van der Waals surface area contributed by atoms with Gasteiger partial charge in [-0.25, -0.2) is 4.98 Å². The minimum atomic E-state index is -0.382. The van der Waals surface area contributed by atoms with Crippen LogP contribution in [-0.2, 0) is 0 Å². The van der Waals surface area contributed by atoms with E-state index in [1.54, 1.807) is 38.5 Å². The van der Waals surface area contributed by atoms with Gasteiger partial charge in [-0.15, -0.1) is 0 Å². The van der Waals surface area contributed by atoms with Gasteiger partial charge in [-0.1, -0.05) is 36.4 Å². The lowest BCUT2D eigenvalue weighted by molar-refractivity contribution is 0.102. The molecule has 0 atom stereocenters. The Bertz CT molecular complexity index is 1580. The normalized spacial score (nSPS) is 13.6. The van der Waals surface area contributed by atoms with E-state index in [2.05, 4.69) is 37.4 Å². The van der Waals surface area contributed by atoms with Gasteiger partial charge in [-0.05, 0) is 50.6 Å². The number of amides is 1. The van der Waals surface area contributed by atoms with Gasteiger partial charge in [0.15, 0.2) is 11.5 Å². The number of piperazine rings is 1. The number of nitrogens with one attached hydrogen (secondary N) is 2. The van der Waals surface area contributed by atoms with Gasteiger partial charge >= 0.3 is 0 Å². The number of hydrogen-bond donors (Lipinski definition) is 2. The highest BCUT2D eigenvalue weighted by Crippen LogP contribution is 2.41. The van der Waals surface area contributed by atoms with Crippen molar-refractivity contribution in [2.45, 2.75) is 20.3 Å². The number of ether oxygens (including phenoxy) is 4. The van der Waals surface area contributed by atoms with E-state index in [-0.39, 0.29) is 23.3 Å². The summed E-state index contributed by atoms with van der Waals surface area (Å²) < 4.78 is 23.6. The number of para-hydroxylation sites is 2. The minimum Gasteiger partial charge on any atom is -0.493 e. The first-order valence-electron chi connectivity index (χ1n) is 15.4. The van der Waals surface area contributed by atoms with Crippen molar-refractivity contribution in [1.29, 1.82) is 0 Å². The predicted octanol–water partition coefficient (Wildman–Crippen LogP) is 5.92. The van der Waals surface area contributed by atoms with E-state index in [0.717, 1.165) is 56.0 Å². The van der Waals surface area contributed by atoms with Gasteiger partial charge in [0.1, 0.15) is 11.3 Å². The molecule has 1 aliphatic heterocycles. The van der Waals surface area contributed by atoms with Crippen LogP contribution in [0, 0.1) is 13.8 Å². The molecule has 11 heteroatoms. The van der Waals surface area contributed by atoms with Crippen molar-refractivity contribution in [3.63, 3.8) is 0 Å². The summed E-state index contributed by atoms with van der Waals surface area (Å²) in [5.74, 6) is 2.02. The number of methoxy groups -OCH3 is 2. The van der Waals surface area contributed by atoms with Gasteiger partial charge in [0.2, 0.25) is 17.6 Å². The second-order valence-corrected chi connectivity index (χ2v) is 11.2. The molecule has 0 aliphatic carbocycles. The number of anilines is 3. The molecular formula is C35H42N6O5. The quantitative estimate of drug-likeness (QED) is 0.174. The van der Waals surface area contributed by atoms with Crippen LogP contribution in [0.5, 0.6) is 28.9 Å². The second kappa shape index (κ2) is 15.4. The molecule has 0 unspecified atom stereocenters. The third-order valence-corrected chi connectivity index (χ3v) is 7.85. The minimum absolute atomic E-state index is 0.103. The van der Waals surface area contributed by atoms with Crippen LogP contribution >= 0.6 is 0 Å². The van der Waals surface area contributed by atoms with Gasteiger partial charge in [0.05, 0.1) is 20.8 Å². The Morgan fingerprint density at radius 3 is 2.24 bits per heavy atom. The van der Waals surface area contributed by atoms with Gasteiger partial charge in [-0.3, -0.25) is 4.79 Å². The number of benzene rings is 3. The number of likely N-dealkylation sites (N-methyl/N-ethyl adjacent to an activating group) is 1. The van der Waals surface area contributed by atoms with E-state index in [1.807, 2.05) is 50.2 Å². The van der Waals surface area contributed by atoms with Crippen molar-refractivity contribution >= 4 is 23.2 Å².